The Morgan fingerprint density at radius 3 is 2.43 bits per heavy atom. The maximum atomic E-state index is 13.3. The van der Waals surface area contributed by atoms with Gasteiger partial charge in [-0.1, -0.05) is 23.7 Å². The van der Waals surface area contributed by atoms with E-state index < -0.39 is 42.0 Å². The molecule has 4 atom stereocenters. The van der Waals surface area contributed by atoms with E-state index in [1.54, 1.807) is 30.3 Å². The highest BCUT2D eigenvalue weighted by atomic mass is 35.5. The first-order valence-electron chi connectivity index (χ1n) is 11.1. The van der Waals surface area contributed by atoms with E-state index in [2.05, 4.69) is 5.32 Å². The van der Waals surface area contributed by atoms with Gasteiger partial charge in [0.05, 0.1) is 12.1 Å². The molecule has 2 aromatic carbocycles. The number of aliphatic hydroxyl groups excluding tert-OH is 1. The summed E-state index contributed by atoms with van der Waals surface area (Å²) in [6.45, 7) is -0.166. The molecular weight excluding hydrogens is 476 g/mol. The number of carbonyl (C=O) groups excluding carboxylic acids is 2. The van der Waals surface area contributed by atoms with Crippen molar-refractivity contribution in [1.29, 1.82) is 0 Å². The number of aliphatic carboxylic acids is 1. The van der Waals surface area contributed by atoms with Gasteiger partial charge >= 0.3 is 5.97 Å². The summed E-state index contributed by atoms with van der Waals surface area (Å²) >= 11 is 6.37. The smallest absolute Gasteiger partial charge is 0.326 e. The molecular formula is C24H29ClN4O6. The lowest BCUT2D eigenvalue weighted by Gasteiger charge is -2.30. The van der Waals surface area contributed by atoms with Crippen LogP contribution in [0.4, 0.5) is 0 Å². The molecule has 8 N–H and O–H groups in total. The van der Waals surface area contributed by atoms with E-state index in [1.807, 2.05) is 0 Å². The number of likely N-dealkylation sites (N-methyl/N-ethyl adjacent to an activating group) is 1. The van der Waals surface area contributed by atoms with Gasteiger partial charge in [0.15, 0.2) is 0 Å². The number of nitrogens with zero attached hydrogens (tertiary/aromatic N) is 1. The SMILES string of the molecule is CN1C(=O)C(C[C@@H](O)CN)NC(=O)[C@@H](N)Cc2cc(ccc2O)-c2ccc(Cl)c(c2)CC1C(=O)O. The number of halogens is 1. The van der Waals surface area contributed by atoms with Crippen molar-refractivity contribution in [2.45, 2.75) is 43.5 Å². The molecule has 4 bridgehead atoms. The molecule has 3 rings (SSSR count). The summed E-state index contributed by atoms with van der Waals surface area (Å²) in [4.78, 5) is 39.3. The number of phenols is 1. The molecule has 0 saturated heterocycles. The van der Waals surface area contributed by atoms with Crippen molar-refractivity contribution in [3.05, 3.63) is 52.5 Å². The largest absolute Gasteiger partial charge is 0.508 e. The highest BCUT2D eigenvalue weighted by Crippen LogP contribution is 2.30. The highest BCUT2D eigenvalue weighted by molar-refractivity contribution is 6.31. The second-order valence-corrected chi connectivity index (χ2v) is 9.06. The van der Waals surface area contributed by atoms with E-state index in [1.165, 1.54) is 13.1 Å². The van der Waals surface area contributed by atoms with Gasteiger partial charge in [-0.3, -0.25) is 9.59 Å². The Kier molecular flexibility index (Phi) is 8.34. The number of nitrogens with one attached hydrogen (secondary N) is 1. The van der Waals surface area contributed by atoms with Crippen molar-refractivity contribution in [2.75, 3.05) is 13.6 Å². The summed E-state index contributed by atoms with van der Waals surface area (Å²) in [5.74, 6) is -2.74. The molecule has 1 heterocycles. The van der Waals surface area contributed by atoms with E-state index in [0.717, 1.165) is 4.90 Å². The number of phenolic OH excluding ortho intramolecular Hbond substituents is 1. The van der Waals surface area contributed by atoms with Crippen LogP contribution in [0.15, 0.2) is 36.4 Å². The van der Waals surface area contributed by atoms with Gasteiger partial charge in [-0.25, -0.2) is 4.79 Å². The minimum absolute atomic E-state index is 0.0279. The third-order valence-corrected chi connectivity index (χ3v) is 6.51. The summed E-state index contributed by atoms with van der Waals surface area (Å²) in [5.41, 5.74) is 13.9. The van der Waals surface area contributed by atoms with Crippen LogP contribution in [-0.2, 0) is 27.2 Å². The second-order valence-electron chi connectivity index (χ2n) is 8.65. The fraction of sp³-hybridized carbons (Fsp3) is 0.375. The number of hydrogen-bond donors (Lipinski definition) is 6. The van der Waals surface area contributed by atoms with Crippen molar-refractivity contribution >= 4 is 29.4 Å². The number of benzene rings is 2. The van der Waals surface area contributed by atoms with E-state index in [4.69, 9.17) is 23.1 Å². The van der Waals surface area contributed by atoms with Crippen molar-refractivity contribution in [3.8, 4) is 16.9 Å². The minimum atomic E-state index is -1.31. The van der Waals surface area contributed by atoms with Crippen LogP contribution in [0.1, 0.15) is 17.5 Å². The summed E-state index contributed by atoms with van der Waals surface area (Å²) in [6.07, 6.45) is -1.48. The van der Waals surface area contributed by atoms with Crippen LogP contribution in [0.25, 0.3) is 11.1 Å². The second kappa shape index (κ2) is 11.0. The summed E-state index contributed by atoms with van der Waals surface area (Å²) < 4.78 is 0. The fourth-order valence-corrected chi connectivity index (χ4v) is 4.23. The van der Waals surface area contributed by atoms with Gasteiger partial charge in [0, 0.05) is 37.9 Å². The van der Waals surface area contributed by atoms with Crippen LogP contribution in [0, 0.1) is 0 Å². The van der Waals surface area contributed by atoms with Crippen LogP contribution >= 0.6 is 11.6 Å². The van der Waals surface area contributed by atoms with Gasteiger partial charge in [-0.2, -0.15) is 0 Å². The number of carbonyl (C=O) groups is 3. The number of hydrogen-bond acceptors (Lipinski definition) is 7. The van der Waals surface area contributed by atoms with Gasteiger partial charge in [-0.05, 0) is 46.5 Å². The number of aromatic hydroxyl groups is 1. The molecule has 2 aromatic rings. The lowest BCUT2D eigenvalue weighted by molar-refractivity contribution is -0.150. The number of carboxylic acids is 1. The van der Waals surface area contributed by atoms with Gasteiger partial charge in [0.2, 0.25) is 11.8 Å². The Balaban J connectivity index is 2.14. The average molecular weight is 505 g/mol. The first-order valence-corrected chi connectivity index (χ1v) is 11.4. The van der Waals surface area contributed by atoms with E-state index in [9.17, 15) is 29.7 Å². The molecule has 2 unspecified atom stereocenters. The highest BCUT2D eigenvalue weighted by Gasteiger charge is 2.34. The molecule has 1 aliphatic rings. The van der Waals surface area contributed by atoms with E-state index in [-0.39, 0.29) is 31.6 Å². The molecule has 188 valence electrons. The zero-order valence-electron chi connectivity index (χ0n) is 19.1. The Morgan fingerprint density at radius 2 is 1.80 bits per heavy atom. The summed E-state index contributed by atoms with van der Waals surface area (Å²) in [5, 5.41) is 33.2. The summed E-state index contributed by atoms with van der Waals surface area (Å²) in [6, 6.07) is 6.26. The molecule has 0 fully saturated rings. The van der Waals surface area contributed by atoms with Crippen molar-refractivity contribution < 1.29 is 29.7 Å². The van der Waals surface area contributed by atoms with Gasteiger partial charge < -0.3 is 37.0 Å². The van der Waals surface area contributed by atoms with Crippen LogP contribution in [0.2, 0.25) is 5.02 Å². The van der Waals surface area contributed by atoms with E-state index >= 15 is 0 Å². The molecule has 0 aromatic heterocycles. The Hall–Kier alpha value is -3.18. The van der Waals surface area contributed by atoms with Gasteiger partial charge in [0.25, 0.3) is 0 Å². The van der Waals surface area contributed by atoms with Crippen LogP contribution in [-0.4, -0.2) is 75.8 Å². The topological polar surface area (TPSA) is 179 Å². The zero-order valence-corrected chi connectivity index (χ0v) is 19.9. The zero-order chi connectivity index (χ0) is 25.9. The first-order chi connectivity index (χ1) is 16.5. The predicted octanol–water partition coefficient (Wildman–Crippen LogP) is 0.245. The van der Waals surface area contributed by atoms with Crippen molar-refractivity contribution in [3.63, 3.8) is 0 Å². The molecule has 0 saturated carbocycles. The lowest BCUT2D eigenvalue weighted by Crippen LogP contribution is -2.56. The molecule has 0 radical (unpaired) electrons. The molecule has 35 heavy (non-hydrogen) atoms. The predicted molar refractivity (Wildman–Crippen MR) is 130 cm³/mol. The maximum Gasteiger partial charge on any atom is 0.326 e. The first kappa shape index (κ1) is 26.4. The van der Waals surface area contributed by atoms with E-state index in [0.29, 0.717) is 27.3 Å². The van der Waals surface area contributed by atoms with Crippen LogP contribution in [0.3, 0.4) is 0 Å². The number of fused-ring (bicyclic) bond motifs is 5. The number of carboxylic acid groups (broad SMARTS) is 1. The van der Waals surface area contributed by atoms with Crippen molar-refractivity contribution in [1.82, 2.24) is 10.2 Å². The van der Waals surface area contributed by atoms with Crippen LogP contribution in [0.5, 0.6) is 5.75 Å². The molecule has 0 aliphatic carbocycles. The Bertz CT molecular complexity index is 1130. The average Bonchev–Trinajstić information content (AvgIpc) is 2.82. The number of rotatable bonds is 4. The maximum absolute atomic E-state index is 13.3. The molecule has 10 nitrogen and oxygen atoms in total. The molecule has 11 heteroatoms. The number of nitrogens with two attached hydrogens (primary N) is 2. The monoisotopic (exact) mass is 504 g/mol. The Labute approximate surface area is 207 Å². The van der Waals surface area contributed by atoms with Crippen LogP contribution < -0.4 is 16.8 Å². The Morgan fingerprint density at radius 1 is 1.17 bits per heavy atom. The standard InChI is InChI=1S/C24H29ClN4O6/c1-29-20(24(34)35)9-14-6-12(2-4-17(14)25)13-3-5-21(31)15(7-13)8-18(27)22(32)28-19(23(29)33)10-16(30)11-26/h2-7,16,18-20,30-31H,8-11,26-27H2,1H3,(H,28,32)(H,34,35)/t16-,18+,19?,20?/m1/s1. The number of amides is 2. The molecule has 0 spiro atoms. The number of aliphatic hydroxyl groups is 1. The van der Waals surface area contributed by atoms with Gasteiger partial charge in [0.1, 0.15) is 17.8 Å². The summed E-state index contributed by atoms with van der Waals surface area (Å²) in [7, 11) is 1.31. The molecule has 2 amide bonds. The normalized spacial score (nSPS) is 22.1. The minimum Gasteiger partial charge on any atom is -0.508 e. The third-order valence-electron chi connectivity index (χ3n) is 6.14. The van der Waals surface area contributed by atoms with Crippen molar-refractivity contribution in [2.24, 2.45) is 11.5 Å². The van der Waals surface area contributed by atoms with Gasteiger partial charge in [-0.15, -0.1) is 0 Å². The molecule has 1 aliphatic heterocycles. The fourth-order valence-electron chi connectivity index (χ4n) is 4.04. The lowest BCUT2D eigenvalue weighted by atomic mass is 9.96. The third kappa shape index (κ3) is 6.09. The quantitative estimate of drug-likeness (QED) is 0.342.